The van der Waals surface area contributed by atoms with Crippen molar-refractivity contribution in [1.29, 1.82) is 0 Å². The number of rotatable bonds is 5. The van der Waals surface area contributed by atoms with Gasteiger partial charge in [0.15, 0.2) is 0 Å². The summed E-state index contributed by atoms with van der Waals surface area (Å²) >= 11 is 0. The summed E-state index contributed by atoms with van der Waals surface area (Å²) in [6, 6.07) is 6.77. The summed E-state index contributed by atoms with van der Waals surface area (Å²) in [5.74, 6) is -0.736. The Morgan fingerprint density at radius 3 is 2.21 bits per heavy atom. The monoisotopic (exact) mass is 333 g/mol. The van der Waals surface area contributed by atoms with Crippen LogP contribution in [0.15, 0.2) is 36.4 Å². The van der Waals surface area contributed by atoms with Gasteiger partial charge in [0.1, 0.15) is 12.1 Å². The van der Waals surface area contributed by atoms with E-state index in [2.05, 4.69) is 16.0 Å². The van der Waals surface area contributed by atoms with Crippen LogP contribution in [-0.2, 0) is 14.3 Å². The molecule has 1 aromatic rings. The summed E-state index contributed by atoms with van der Waals surface area (Å²) in [7, 11) is 0. The highest BCUT2D eigenvalue weighted by Gasteiger charge is 2.17. The lowest BCUT2D eigenvalue weighted by Crippen LogP contribution is -2.37. The van der Waals surface area contributed by atoms with Gasteiger partial charge in [0, 0.05) is 0 Å². The van der Waals surface area contributed by atoms with Crippen LogP contribution in [0.25, 0.3) is 0 Å². The molecule has 0 fully saturated rings. The van der Waals surface area contributed by atoms with Crippen LogP contribution < -0.4 is 16.0 Å². The van der Waals surface area contributed by atoms with Gasteiger partial charge in [0.2, 0.25) is 11.8 Å². The highest BCUT2D eigenvalue weighted by Crippen LogP contribution is 2.20. The Labute approximate surface area is 141 Å². The van der Waals surface area contributed by atoms with E-state index in [1.807, 2.05) is 0 Å². The predicted octanol–water partition coefficient (Wildman–Crippen LogP) is 2.66. The van der Waals surface area contributed by atoms with E-state index in [-0.39, 0.29) is 12.5 Å². The number of nitrogens with one attached hydrogen (secondary N) is 3. The number of hydrogen-bond donors (Lipinski definition) is 3. The first-order valence-corrected chi connectivity index (χ1v) is 7.50. The molecule has 3 N–H and O–H groups in total. The Bertz CT molecular complexity index is 633. The first kappa shape index (κ1) is 19.2. The number of carbonyl (C=O) groups excluding carboxylic acids is 3. The predicted molar refractivity (Wildman–Crippen MR) is 92.8 cm³/mol. The van der Waals surface area contributed by atoms with Crippen molar-refractivity contribution >= 4 is 29.3 Å². The molecular weight excluding hydrogens is 310 g/mol. The SMILES string of the molecule is C/C=C/C(=O)Nc1ccccc1NC(=O)CNC(=O)OC(C)(C)C. The number of hydrogen-bond acceptors (Lipinski definition) is 4. The number of alkyl carbamates (subject to hydrolysis) is 1. The molecule has 0 bridgehead atoms. The fourth-order valence-corrected chi connectivity index (χ4v) is 1.69. The van der Waals surface area contributed by atoms with E-state index in [4.69, 9.17) is 4.74 Å². The number of allylic oxidation sites excluding steroid dienone is 1. The fourth-order valence-electron chi connectivity index (χ4n) is 1.69. The number of benzene rings is 1. The number of ether oxygens (including phenoxy) is 1. The first-order valence-electron chi connectivity index (χ1n) is 7.50. The molecule has 0 aliphatic heterocycles. The molecule has 130 valence electrons. The van der Waals surface area contributed by atoms with E-state index in [1.165, 1.54) is 6.08 Å². The molecule has 0 atom stereocenters. The van der Waals surface area contributed by atoms with Crippen LogP contribution in [0.1, 0.15) is 27.7 Å². The standard InChI is InChI=1S/C17H23N3O4/c1-5-8-14(21)19-12-9-6-7-10-13(12)20-15(22)11-18-16(23)24-17(2,3)4/h5-10H,11H2,1-4H3,(H,18,23)(H,19,21)(H,20,22)/b8-5+. The summed E-state index contributed by atoms with van der Waals surface area (Å²) in [5, 5.41) is 7.66. The van der Waals surface area contributed by atoms with Gasteiger partial charge in [-0.1, -0.05) is 18.2 Å². The maximum Gasteiger partial charge on any atom is 0.408 e. The van der Waals surface area contributed by atoms with E-state index in [9.17, 15) is 14.4 Å². The zero-order valence-corrected chi connectivity index (χ0v) is 14.3. The highest BCUT2D eigenvalue weighted by atomic mass is 16.6. The molecule has 24 heavy (non-hydrogen) atoms. The first-order chi connectivity index (χ1) is 11.2. The Hall–Kier alpha value is -2.83. The topological polar surface area (TPSA) is 96.5 Å². The van der Waals surface area contributed by atoms with E-state index in [0.717, 1.165) is 0 Å². The summed E-state index contributed by atoms with van der Waals surface area (Å²) in [4.78, 5) is 35.1. The molecule has 0 unspecified atom stereocenters. The summed E-state index contributed by atoms with van der Waals surface area (Å²) in [6.45, 7) is 6.69. The summed E-state index contributed by atoms with van der Waals surface area (Å²) < 4.78 is 5.05. The zero-order chi connectivity index (χ0) is 18.2. The van der Waals surface area contributed by atoms with Crippen molar-refractivity contribution in [3.05, 3.63) is 36.4 Å². The molecule has 1 rings (SSSR count). The van der Waals surface area contributed by atoms with E-state index < -0.39 is 17.6 Å². The molecule has 7 heteroatoms. The molecule has 0 radical (unpaired) electrons. The third-order valence-electron chi connectivity index (χ3n) is 2.57. The van der Waals surface area contributed by atoms with Crippen molar-refractivity contribution < 1.29 is 19.1 Å². The molecule has 3 amide bonds. The number of para-hydroxylation sites is 2. The Balaban J connectivity index is 2.61. The molecule has 0 spiro atoms. The quantitative estimate of drug-likeness (QED) is 0.722. The van der Waals surface area contributed by atoms with Gasteiger partial charge in [-0.2, -0.15) is 0 Å². The molecule has 1 aromatic carbocycles. The van der Waals surface area contributed by atoms with Crippen LogP contribution in [0.3, 0.4) is 0 Å². The van der Waals surface area contributed by atoms with Crippen molar-refractivity contribution in [1.82, 2.24) is 5.32 Å². The van der Waals surface area contributed by atoms with Gasteiger partial charge in [-0.25, -0.2) is 4.79 Å². The van der Waals surface area contributed by atoms with E-state index >= 15 is 0 Å². The van der Waals surface area contributed by atoms with Crippen LogP contribution in [0.4, 0.5) is 16.2 Å². The third-order valence-corrected chi connectivity index (χ3v) is 2.57. The van der Waals surface area contributed by atoms with Crippen LogP contribution in [-0.4, -0.2) is 30.1 Å². The van der Waals surface area contributed by atoms with Crippen LogP contribution >= 0.6 is 0 Å². The smallest absolute Gasteiger partial charge is 0.408 e. The molecule has 0 aliphatic rings. The minimum absolute atomic E-state index is 0.244. The second-order valence-corrected chi connectivity index (χ2v) is 5.94. The minimum atomic E-state index is -0.674. The van der Waals surface area contributed by atoms with Crippen molar-refractivity contribution in [2.75, 3.05) is 17.2 Å². The number of amides is 3. The van der Waals surface area contributed by atoms with Gasteiger partial charge in [-0.15, -0.1) is 0 Å². The lowest BCUT2D eigenvalue weighted by Gasteiger charge is -2.19. The molecule has 0 aromatic heterocycles. The van der Waals surface area contributed by atoms with Gasteiger partial charge < -0.3 is 20.7 Å². The Kier molecular flexibility index (Phi) is 6.98. The van der Waals surface area contributed by atoms with Crippen molar-refractivity contribution in [2.45, 2.75) is 33.3 Å². The summed E-state index contributed by atoms with van der Waals surface area (Å²) in [6.07, 6.45) is 2.32. The van der Waals surface area contributed by atoms with Crippen LogP contribution in [0, 0.1) is 0 Å². The second-order valence-electron chi connectivity index (χ2n) is 5.94. The average molecular weight is 333 g/mol. The van der Waals surface area contributed by atoms with Crippen LogP contribution in [0.5, 0.6) is 0 Å². The van der Waals surface area contributed by atoms with Gasteiger partial charge in [-0.05, 0) is 45.9 Å². The number of anilines is 2. The Morgan fingerprint density at radius 1 is 1.08 bits per heavy atom. The largest absolute Gasteiger partial charge is 0.444 e. The molecule has 0 saturated carbocycles. The summed E-state index contributed by atoms with van der Waals surface area (Å²) in [5.41, 5.74) is 0.266. The van der Waals surface area contributed by atoms with E-state index in [0.29, 0.717) is 11.4 Å². The van der Waals surface area contributed by atoms with Gasteiger partial charge >= 0.3 is 6.09 Å². The van der Waals surface area contributed by atoms with Crippen molar-refractivity contribution in [2.24, 2.45) is 0 Å². The Morgan fingerprint density at radius 2 is 1.67 bits per heavy atom. The molecule has 0 heterocycles. The maximum atomic E-state index is 11.9. The highest BCUT2D eigenvalue weighted by molar-refractivity contribution is 6.04. The van der Waals surface area contributed by atoms with Crippen molar-refractivity contribution in [3.63, 3.8) is 0 Å². The molecule has 7 nitrogen and oxygen atoms in total. The zero-order valence-electron chi connectivity index (χ0n) is 14.3. The minimum Gasteiger partial charge on any atom is -0.444 e. The maximum absolute atomic E-state index is 11.9. The van der Waals surface area contributed by atoms with Gasteiger partial charge in [0.25, 0.3) is 0 Å². The van der Waals surface area contributed by atoms with Gasteiger partial charge in [0.05, 0.1) is 11.4 Å². The molecular formula is C17H23N3O4. The average Bonchev–Trinajstić information content (AvgIpc) is 2.46. The fraction of sp³-hybridized carbons (Fsp3) is 0.353. The normalized spacial score (nSPS) is 11.0. The molecule has 0 saturated heterocycles. The van der Waals surface area contributed by atoms with Gasteiger partial charge in [-0.3, -0.25) is 9.59 Å². The lowest BCUT2D eigenvalue weighted by atomic mass is 10.2. The number of carbonyl (C=O) groups is 3. The third kappa shape index (κ3) is 7.44. The van der Waals surface area contributed by atoms with Crippen LogP contribution in [0.2, 0.25) is 0 Å². The molecule has 0 aliphatic carbocycles. The second kappa shape index (κ2) is 8.71. The lowest BCUT2D eigenvalue weighted by molar-refractivity contribution is -0.115. The van der Waals surface area contributed by atoms with Crippen molar-refractivity contribution in [3.8, 4) is 0 Å². The van der Waals surface area contributed by atoms with E-state index in [1.54, 1.807) is 58.0 Å².